The van der Waals surface area contributed by atoms with E-state index in [2.05, 4.69) is 47.1 Å². The van der Waals surface area contributed by atoms with Gasteiger partial charge in [-0.25, -0.2) is 0 Å². The number of piperazine rings is 1. The van der Waals surface area contributed by atoms with Gasteiger partial charge in [0.1, 0.15) is 21.8 Å². The predicted octanol–water partition coefficient (Wildman–Crippen LogP) is 5.59. The van der Waals surface area contributed by atoms with Crippen LogP contribution in [-0.2, 0) is 24.3 Å². The van der Waals surface area contributed by atoms with Crippen LogP contribution >= 0.6 is 24.0 Å². The molecule has 0 unspecified atom stereocenters. The molecule has 3 aromatic rings. The molecule has 2 aromatic carbocycles. The number of benzene rings is 2. The number of anilines is 1. The molecule has 2 fully saturated rings. The number of rotatable bonds is 10. The van der Waals surface area contributed by atoms with Crippen LogP contribution in [0.1, 0.15) is 47.6 Å². The largest absolute Gasteiger partial charge is 0.355 e. The van der Waals surface area contributed by atoms with Crippen molar-refractivity contribution in [2.24, 2.45) is 0 Å². The average Bonchev–Trinajstić information content (AvgIpc) is 3.29. The maximum atomic E-state index is 13.7. The molecule has 7 nitrogen and oxygen atoms in total. The Labute approximate surface area is 263 Å². The standard InChI is InChI=1S/C34H37N5O2S2/c1-3-4-16-38-31(37-20-18-36(19-21-37)24-27-13-9-6-10-14-27)28(25(2)29(23-35)32(38)40)22-30-33(41)39(34(42)43-30)17-15-26-11-7-5-8-12-26/h5-14,22H,3-4,15-21,24H2,1-2H3/b30-22-. The summed E-state index contributed by atoms with van der Waals surface area (Å²) in [5, 5.41) is 10.0. The van der Waals surface area contributed by atoms with Gasteiger partial charge in [-0.1, -0.05) is 98.0 Å². The average molecular weight is 612 g/mol. The summed E-state index contributed by atoms with van der Waals surface area (Å²) in [6.07, 6.45) is 4.31. The van der Waals surface area contributed by atoms with Crippen LogP contribution in [0, 0.1) is 18.3 Å². The summed E-state index contributed by atoms with van der Waals surface area (Å²) in [6, 6.07) is 22.7. The molecule has 2 saturated heterocycles. The summed E-state index contributed by atoms with van der Waals surface area (Å²) in [5.74, 6) is 0.664. The second-order valence-corrected chi connectivity index (χ2v) is 12.7. The number of nitrogens with zero attached hydrogens (tertiary/aromatic N) is 5. The van der Waals surface area contributed by atoms with Gasteiger partial charge in [0.15, 0.2) is 0 Å². The lowest BCUT2D eigenvalue weighted by atomic mass is 10.0. The topological polar surface area (TPSA) is 72.6 Å². The Morgan fingerprint density at radius 1 is 0.953 bits per heavy atom. The van der Waals surface area contributed by atoms with E-state index in [-0.39, 0.29) is 17.0 Å². The molecular weight excluding hydrogens is 575 g/mol. The summed E-state index contributed by atoms with van der Waals surface area (Å²) in [5.41, 5.74) is 3.66. The predicted molar refractivity (Wildman–Crippen MR) is 179 cm³/mol. The lowest BCUT2D eigenvalue weighted by Crippen LogP contribution is -2.48. The second kappa shape index (κ2) is 14.2. The highest BCUT2D eigenvalue weighted by Gasteiger charge is 2.33. The Morgan fingerprint density at radius 3 is 2.23 bits per heavy atom. The van der Waals surface area contributed by atoms with Crippen LogP contribution in [0.2, 0.25) is 0 Å². The molecule has 9 heteroatoms. The summed E-state index contributed by atoms with van der Waals surface area (Å²) >= 11 is 6.93. The van der Waals surface area contributed by atoms with E-state index in [0.717, 1.165) is 62.5 Å². The number of thiocarbonyl (C=S) groups is 1. The highest BCUT2D eigenvalue weighted by atomic mass is 32.2. The summed E-state index contributed by atoms with van der Waals surface area (Å²) in [7, 11) is 0. The minimum atomic E-state index is -0.261. The second-order valence-electron chi connectivity index (χ2n) is 11.0. The van der Waals surface area contributed by atoms with Crippen LogP contribution in [0.3, 0.4) is 0 Å². The fourth-order valence-corrected chi connectivity index (χ4v) is 6.97. The molecule has 5 rings (SSSR count). The van der Waals surface area contributed by atoms with E-state index in [1.54, 1.807) is 9.47 Å². The number of aromatic nitrogens is 1. The Balaban J connectivity index is 1.47. The molecule has 0 atom stereocenters. The maximum Gasteiger partial charge on any atom is 0.270 e. The third kappa shape index (κ3) is 6.93. The van der Waals surface area contributed by atoms with Crippen molar-refractivity contribution in [3.63, 3.8) is 0 Å². The number of thioether (sulfide) groups is 1. The van der Waals surface area contributed by atoms with Gasteiger partial charge in [-0.3, -0.25) is 24.0 Å². The van der Waals surface area contributed by atoms with Crippen LogP contribution in [0.4, 0.5) is 5.82 Å². The molecule has 1 amide bonds. The van der Waals surface area contributed by atoms with Gasteiger partial charge in [0, 0.05) is 51.4 Å². The zero-order valence-electron chi connectivity index (χ0n) is 24.8. The van der Waals surface area contributed by atoms with Gasteiger partial charge in [-0.15, -0.1) is 0 Å². The van der Waals surface area contributed by atoms with E-state index in [9.17, 15) is 14.9 Å². The van der Waals surface area contributed by atoms with Gasteiger partial charge >= 0.3 is 0 Å². The minimum absolute atomic E-state index is 0.131. The summed E-state index contributed by atoms with van der Waals surface area (Å²) in [4.78, 5) is 34.2. The molecule has 2 aliphatic heterocycles. The Bertz CT molecular complexity index is 1600. The van der Waals surface area contributed by atoms with Crippen molar-refractivity contribution < 1.29 is 4.79 Å². The Morgan fingerprint density at radius 2 is 1.60 bits per heavy atom. The molecule has 43 heavy (non-hydrogen) atoms. The molecule has 1 aromatic heterocycles. The fraction of sp³-hybridized carbons (Fsp3) is 0.353. The quantitative estimate of drug-likeness (QED) is 0.219. The number of carbonyl (C=O) groups is 1. The maximum absolute atomic E-state index is 13.7. The first-order valence-electron chi connectivity index (χ1n) is 14.9. The third-order valence-electron chi connectivity index (χ3n) is 8.12. The molecule has 0 aliphatic carbocycles. The molecular formula is C34H37N5O2S2. The smallest absolute Gasteiger partial charge is 0.270 e. The van der Waals surface area contributed by atoms with Crippen molar-refractivity contribution in [3.8, 4) is 6.07 Å². The number of amides is 1. The Kier molecular flexibility index (Phi) is 10.1. The van der Waals surface area contributed by atoms with Gasteiger partial charge in [0.25, 0.3) is 11.5 Å². The van der Waals surface area contributed by atoms with Crippen LogP contribution < -0.4 is 10.5 Å². The van der Waals surface area contributed by atoms with Crippen LogP contribution in [-0.4, -0.2) is 57.3 Å². The van der Waals surface area contributed by atoms with Gasteiger partial charge in [0.2, 0.25) is 0 Å². The molecule has 2 aliphatic rings. The van der Waals surface area contributed by atoms with Crippen molar-refractivity contribution in [2.75, 3.05) is 37.6 Å². The monoisotopic (exact) mass is 611 g/mol. The van der Waals surface area contributed by atoms with Crippen LogP contribution in [0.15, 0.2) is 70.4 Å². The minimum Gasteiger partial charge on any atom is -0.355 e. The first-order valence-corrected chi connectivity index (χ1v) is 16.1. The third-order valence-corrected chi connectivity index (χ3v) is 9.50. The van der Waals surface area contributed by atoms with Crippen LogP contribution in [0.5, 0.6) is 0 Å². The summed E-state index contributed by atoms with van der Waals surface area (Å²) < 4.78 is 2.30. The van der Waals surface area contributed by atoms with Gasteiger partial charge < -0.3 is 4.90 Å². The number of unbranched alkanes of at least 4 members (excludes halogenated alkanes) is 1. The van der Waals surface area contributed by atoms with E-state index in [4.69, 9.17) is 12.2 Å². The fourth-order valence-electron chi connectivity index (χ4n) is 5.68. The van der Waals surface area contributed by atoms with Crippen molar-refractivity contribution >= 4 is 46.1 Å². The molecule has 0 saturated carbocycles. The zero-order valence-corrected chi connectivity index (χ0v) is 26.4. The molecule has 222 valence electrons. The zero-order chi connectivity index (χ0) is 30.3. The van der Waals surface area contributed by atoms with Crippen molar-refractivity contribution in [1.29, 1.82) is 5.26 Å². The number of carbonyl (C=O) groups excluding carboxylic acids is 1. The molecule has 0 N–H and O–H groups in total. The molecule has 3 heterocycles. The first-order chi connectivity index (χ1) is 20.9. The van der Waals surface area contributed by atoms with Gasteiger partial charge in [-0.2, -0.15) is 5.26 Å². The molecule has 0 spiro atoms. The highest BCUT2D eigenvalue weighted by Crippen LogP contribution is 2.36. The van der Waals surface area contributed by atoms with Crippen molar-refractivity contribution in [3.05, 3.63) is 104 Å². The van der Waals surface area contributed by atoms with E-state index >= 15 is 0 Å². The number of nitriles is 1. The number of pyridine rings is 1. The summed E-state index contributed by atoms with van der Waals surface area (Å²) in [6.45, 7) is 8.97. The number of hydrogen-bond donors (Lipinski definition) is 0. The first kappa shape index (κ1) is 30.7. The van der Waals surface area contributed by atoms with Crippen molar-refractivity contribution in [2.45, 2.75) is 46.2 Å². The van der Waals surface area contributed by atoms with E-state index in [0.29, 0.717) is 34.3 Å². The lowest BCUT2D eigenvalue weighted by Gasteiger charge is -2.38. The van der Waals surface area contributed by atoms with E-state index < -0.39 is 0 Å². The lowest BCUT2D eigenvalue weighted by molar-refractivity contribution is -0.122. The molecule has 0 bridgehead atoms. The van der Waals surface area contributed by atoms with E-state index in [1.165, 1.54) is 17.3 Å². The van der Waals surface area contributed by atoms with E-state index in [1.807, 2.05) is 49.4 Å². The van der Waals surface area contributed by atoms with Gasteiger partial charge in [0.05, 0.1) is 4.91 Å². The SMILES string of the molecule is CCCCn1c(N2CCN(Cc3ccccc3)CC2)c(/C=C2\SC(=S)N(CCc3ccccc3)C2=O)c(C)c(C#N)c1=O. The highest BCUT2D eigenvalue weighted by molar-refractivity contribution is 8.26. The van der Waals surface area contributed by atoms with Gasteiger partial charge in [-0.05, 0) is 42.5 Å². The Hall–Kier alpha value is -3.71. The molecule has 0 radical (unpaired) electrons. The number of hydrogen-bond acceptors (Lipinski definition) is 7. The van der Waals surface area contributed by atoms with Crippen molar-refractivity contribution in [1.82, 2.24) is 14.4 Å². The van der Waals surface area contributed by atoms with Crippen LogP contribution in [0.25, 0.3) is 6.08 Å². The normalized spacial score (nSPS) is 16.7.